The van der Waals surface area contributed by atoms with Crippen LogP contribution in [0.3, 0.4) is 0 Å². The lowest BCUT2D eigenvalue weighted by Crippen LogP contribution is -2.42. The molecule has 0 bridgehead atoms. The molecule has 0 aromatic heterocycles. The molecule has 0 radical (unpaired) electrons. The highest BCUT2D eigenvalue weighted by Crippen LogP contribution is 2.44. The summed E-state index contributed by atoms with van der Waals surface area (Å²) in [5.74, 6) is 3.69. The van der Waals surface area contributed by atoms with Gasteiger partial charge in [0.05, 0.1) is 6.61 Å². The Labute approximate surface area is 152 Å². The third-order valence-electron chi connectivity index (χ3n) is 5.61. The van der Waals surface area contributed by atoms with Gasteiger partial charge >= 0.3 is 0 Å². The number of halogens is 1. The molecule has 3 atom stereocenters. The van der Waals surface area contributed by atoms with Gasteiger partial charge in [0.2, 0.25) is 0 Å². The Morgan fingerprint density at radius 1 is 1.23 bits per heavy atom. The van der Waals surface area contributed by atoms with Gasteiger partial charge in [-0.1, -0.05) is 32.1 Å². The summed E-state index contributed by atoms with van der Waals surface area (Å²) in [4.78, 5) is 6.93. The van der Waals surface area contributed by atoms with E-state index in [4.69, 9.17) is 4.74 Å². The van der Waals surface area contributed by atoms with Gasteiger partial charge in [-0.2, -0.15) is 0 Å². The molecule has 3 fully saturated rings. The SMILES string of the molecule is CN=C(NC1CC1C1CCCCC1)N1CCC(COC)C1.I. The van der Waals surface area contributed by atoms with Crippen molar-refractivity contribution in [2.75, 3.05) is 33.9 Å². The summed E-state index contributed by atoms with van der Waals surface area (Å²) in [6, 6.07) is 0.688. The molecule has 1 saturated heterocycles. The fraction of sp³-hybridized carbons (Fsp3) is 0.941. The van der Waals surface area contributed by atoms with E-state index >= 15 is 0 Å². The molecule has 2 saturated carbocycles. The number of aliphatic imine (C=N–C) groups is 1. The van der Waals surface area contributed by atoms with Crippen molar-refractivity contribution in [2.45, 2.75) is 51.0 Å². The Hall–Kier alpha value is -0.0400. The van der Waals surface area contributed by atoms with Gasteiger partial charge in [0, 0.05) is 39.2 Å². The molecule has 128 valence electrons. The number of nitrogens with one attached hydrogen (secondary N) is 1. The molecule has 4 nitrogen and oxygen atoms in total. The highest BCUT2D eigenvalue weighted by molar-refractivity contribution is 14.0. The zero-order valence-corrected chi connectivity index (χ0v) is 16.4. The van der Waals surface area contributed by atoms with Crippen molar-refractivity contribution in [3.05, 3.63) is 0 Å². The molecule has 3 unspecified atom stereocenters. The van der Waals surface area contributed by atoms with Gasteiger partial charge < -0.3 is 15.0 Å². The second kappa shape index (κ2) is 8.71. The Morgan fingerprint density at radius 3 is 2.68 bits per heavy atom. The predicted molar refractivity (Wildman–Crippen MR) is 102 cm³/mol. The van der Waals surface area contributed by atoms with Crippen molar-refractivity contribution in [1.29, 1.82) is 0 Å². The Kier molecular flexibility index (Phi) is 7.25. The number of hydrogen-bond acceptors (Lipinski definition) is 2. The molecule has 0 aromatic rings. The minimum Gasteiger partial charge on any atom is -0.384 e. The van der Waals surface area contributed by atoms with E-state index in [2.05, 4.69) is 15.2 Å². The zero-order valence-electron chi connectivity index (χ0n) is 14.1. The van der Waals surface area contributed by atoms with E-state index in [1.165, 1.54) is 44.9 Å². The first kappa shape index (κ1) is 18.3. The summed E-state index contributed by atoms with van der Waals surface area (Å²) in [6.07, 6.45) is 9.87. The summed E-state index contributed by atoms with van der Waals surface area (Å²) in [5, 5.41) is 3.73. The van der Waals surface area contributed by atoms with Crippen molar-refractivity contribution in [3.63, 3.8) is 0 Å². The van der Waals surface area contributed by atoms with E-state index in [-0.39, 0.29) is 24.0 Å². The molecule has 1 aliphatic heterocycles. The summed E-state index contributed by atoms with van der Waals surface area (Å²) >= 11 is 0. The molecule has 1 heterocycles. The lowest BCUT2D eigenvalue weighted by molar-refractivity contribution is 0.157. The molecule has 5 heteroatoms. The monoisotopic (exact) mass is 421 g/mol. The molecule has 2 aliphatic carbocycles. The van der Waals surface area contributed by atoms with E-state index in [0.717, 1.165) is 37.5 Å². The van der Waals surface area contributed by atoms with E-state index in [9.17, 15) is 0 Å². The Balaban J connectivity index is 0.00000176. The van der Waals surface area contributed by atoms with Gasteiger partial charge in [0.15, 0.2) is 5.96 Å². The third kappa shape index (κ3) is 4.49. The van der Waals surface area contributed by atoms with Crippen LogP contribution in [0.15, 0.2) is 4.99 Å². The van der Waals surface area contributed by atoms with Crippen LogP contribution < -0.4 is 5.32 Å². The number of nitrogens with zero attached hydrogens (tertiary/aromatic N) is 2. The summed E-state index contributed by atoms with van der Waals surface area (Å²) in [5.41, 5.74) is 0. The van der Waals surface area contributed by atoms with Crippen molar-refractivity contribution in [2.24, 2.45) is 22.7 Å². The van der Waals surface area contributed by atoms with Gasteiger partial charge in [-0.15, -0.1) is 24.0 Å². The number of methoxy groups -OCH3 is 1. The second-order valence-corrected chi connectivity index (χ2v) is 7.15. The molecule has 1 N–H and O–H groups in total. The van der Waals surface area contributed by atoms with Crippen molar-refractivity contribution < 1.29 is 4.74 Å². The number of likely N-dealkylation sites (tertiary alicyclic amines) is 1. The average Bonchev–Trinajstić information content (AvgIpc) is 3.15. The maximum absolute atomic E-state index is 5.29. The maximum Gasteiger partial charge on any atom is 0.193 e. The van der Waals surface area contributed by atoms with Gasteiger partial charge in [0.1, 0.15) is 0 Å². The second-order valence-electron chi connectivity index (χ2n) is 7.15. The quantitative estimate of drug-likeness (QED) is 0.431. The third-order valence-corrected chi connectivity index (χ3v) is 5.61. The maximum atomic E-state index is 5.29. The van der Waals surface area contributed by atoms with Gasteiger partial charge in [0.25, 0.3) is 0 Å². The highest BCUT2D eigenvalue weighted by Gasteiger charge is 2.44. The van der Waals surface area contributed by atoms with Crippen LogP contribution in [0.1, 0.15) is 44.9 Å². The van der Waals surface area contributed by atoms with E-state index in [0.29, 0.717) is 12.0 Å². The fourth-order valence-electron chi connectivity index (χ4n) is 4.32. The molecular weight excluding hydrogens is 389 g/mol. The van der Waals surface area contributed by atoms with E-state index in [1.807, 2.05) is 7.05 Å². The summed E-state index contributed by atoms with van der Waals surface area (Å²) < 4.78 is 5.29. The lowest BCUT2D eigenvalue weighted by atomic mass is 9.85. The number of ether oxygens (including phenoxy) is 1. The first-order valence-electron chi connectivity index (χ1n) is 8.79. The van der Waals surface area contributed by atoms with Crippen LogP contribution in [0, 0.1) is 17.8 Å². The normalized spacial score (nSPS) is 32.7. The fourth-order valence-corrected chi connectivity index (χ4v) is 4.32. The van der Waals surface area contributed by atoms with Crippen molar-refractivity contribution in [3.8, 4) is 0 Å². The van der Waals surface area contributed by atoms with Gasteiger partial charge in [-0.05, 0) is 24.7 Å². The van der Waals surface area contributed by atoms with Crippen LogP contribution in [0.2, 0.25) is 0 Å². The molecule has 0 amide bonds. The zero-order chi connectivity index (χ0) is 14.7. The minimum atomic E-state index is 0. The van der Waals surface area contributed by atoms with Crippen LogP contribution in [0.4, 0.5) is 0 Å². The highest BCUT2D eigenvalue weighted by atomic mass is 127. The average molecular weight is 421 g/mol. The molecule has 3 aliphatic rings. The predicted octanol–water partition coefficient (Wildman–Crippen LogP) is 3.12. The summed E-state index contributed by atoms with van der Waals surface area (Å²) in [6.45, 7) is 3.09. The first-order valence-corrected chi connectivity index (χ1v) is 8.79. The van der Waals surface area contributed by atoms with Crippen LogP contribution >= 0.6 is 24.0 Å². The van der Waals surface area contributed by atoms with Crippen molar-refractivity contribution in [1.82, 2.24) is 10.2 Å². The standard InChI is InChI=1S/C17H31N3O.HI/c1-18-17(20-9-8-13(11-20)12-21-2)19-16-10-15(16)14-6-4-3-5-7-14;/h13-16H,3-12H2,1-2H3,(H,18,19);1H. The Bertz CT molecular complexity index is 371. The molecular formula is C17H32IN3O. The Morgan fingerprint density at radius 2 is 2.00 bits per heavy atom. The smallest absolute Gasteiger partial charge is 0.193 e. The van der Waals surface area contributed by atoms with Gasteiger partial charge in [-0.3, -0.25) is 4.99 Å². The number of hydrogen-bond donors (Lipinski definition) is 1. The van der Waals surface area contributed by atoms with E-state index < -0.39 is 0 Å². The topological polar surface area (TPSA) is 36.9 Å². The first-order chi connectivity index (χ1) is 10.3. The molecule has 3 rings (SSSR count). The molecule has 0 aromatic carbocycles. The largest absolute Gasteiger partial charge is 0.384 e. The number of rotatable bonds is 4. The number of guanidine groups is 1. The van der Waals surface area contributed by atoms with Gasteiger partial charge in [-0.25, -0.2) is 0 Å². The minimum absolute atomic E-state index is 0. The van der Waals surface area contributed by atoms with Crippen LogP contribution in [0.25, 0.3) is 0 Å². The molecule has 0 spiro atoms. The molecule has 22 heavy (non-hydrogen) atoms. The lowest BCUT2D eigenvalue weighted by Gasteiger charge is -2.24. The van der Waals surface area contributed by atoms with Crippen molar-refractivity contribution >= 4 is 29.9 Å². The van der Waals surface area contributed by atoms with Crippen LogP contribution in [-0.2, 0) is 4.74 Å². The van der Waals surface area contributed by atoms with E-state index in [1.54, 1.807) is 7.11 Å². The van der Waals surface area contributed by atoms with Crippen LogP contribution in [0.5, 0.6) is 0 Å². The summed E-state index contributed by atoms with van der Waals surface area (Å²) in [7, 11) is 3.72. The van der Waals surface area contributed by atoms with Crippen LogP contribution in [-0.4, -0.2) is 50.8 Å².